The molecule has 0 aromatic heterocycles. The van der Waals surface area contributed by atoms with Crippen molar-refractivity contribution in [2.24, 2.45) is 5.92 Å². The van der Waals surface area contributed by atoms with Crippen LogP contribution in [0, 0.1) is 17.8 Å². The number of ether oxygens (including phenoxy) is 1. The summed E-state index contributed by atoms with van der Waals surface area (Å²) in [6, 6.07) is 7.90. The summed E-state index contributed by atoms with van der Waals surface area (Å²) in [6.45, 7) is 5.23. The summed E-state index contributed by atoms with van der Waals surface area (Å²) in [5.74, 6) is 7.77. The van der Waals surface area contributed by atoms with E-state index in [4.69, 9.17) is 16.3 Å². The van der Waals surface area contributed by atoms with Crippen molar-refractivity contribution in [1.29, 1.82) is 0 Å². The highest BCUT2D eigenvalue weighted by molar-refractivity contribution is 6.19. The Hall–Kier alpha value is -1.13. The maximum atomic E-state index is 5.94. The van der Waals surface area contributed by atoms with Crippen LogP contribution in [0.4, 0.5) is 0 Å². The molecule has 1 aromatic carbocycles. The number of halogens is 1. The highest BCUT2D eigenvalue weighted by Crippen LogP contribution is 2.20. The predicted molar refractivity (Wildman–Crippen MR) is 82.8 cm³/mol. The van der Waals surface area contributed by atoms with Gasteiger partial charge in [-0.2, -0.15) is 0 Å². The molecule has 1 atom stereocenters. The largest absolute Gasteiger partial charge is 0.492 e. The molecule has 1 nitrogen and oxygen atoms in total. The molecule has 19 heavy (non-hydrogen) atoms. The fourth-order valence-electron chi connectivity index (χ4n) is 1.93. The Bertz CT molecular complexity index is 417. The van der Waals surface area contributed by atoms with Crippen LogP contribution in [-0.4, -0.2) is 12.5 Å². The van der Waals surface area contributed by atoms with E-state index in [-0.39, 0.29) is 0 Å². The standard InChI is InChI=1S/C17H23ClO/c1-3-5-9-15(4-2)14-19-17-12-7-6-10-16(17)11-8-13-18/h6-7,10,12,15H,3-5,9,13-14H2,1-2H3. The molecule has 1 aromatic rings. The Morgan fingerprint density at radius 1 is 1.26 bits per heavy atom. The number of unbranched alkanes of at least 4 members (excludes halogenated alkanes) is 1. The Morgan fingerprint density at radius 3 is 2.74 bits per heavy atom. The maximum absolute atomic E-state index is 5.94. The number of rotatable bonds is 7. The zero-order valence-electron chi connectivity index (χ0n) is 11.9. The molecule has 0 N–H and O–H groups in total. The fraction of sp³-hybridized carbons (Fsp3) is 0.529. The SMILES string of the molecule is CCCCC(CC)COc1ccccc1C#CCCl. The van der Waals surface area contributed by atoms with Crippen LogP contribution in [0.3, 0.4) is 0 Å². The zero-order valence-corrected chi connectivity index (χ0v) is 12.7. The van der Waals surface area contributed by atoms with Gasteiger partial charge in [0.1, 0.15) is 5.75 Å². The van der Waals surface area contributed by atoms with Gasteiger partial charge in [0.15, 0.2) is 0 Å². The molecule has 0 bridgehead atoms. The first kappa shape index (κ1) is 15.9. The lowest BCUT2D eigenvalue weighted by molar-refractivity contribution is 0.233. The Kier molecular flexibility index (Phi) is 8.18. The number of alkyl halides is 1. The molecule has 2 heteroatoms. The monoisotopic (exact) mass is 278 g/mol. The molecule has 0 radical (unpaired) electrons. The Balaban J connectivity index is 2.60. The average molecular weight is 279 g/mol. The number of para-hydroxylation sites is 1. The van der Waals surface area contributed by atoms with E-state index in [9.17, 15) is 0 Å². The van der Waals surface area contributed by atoms with Crippen LogP contribution in [0.5, 0.6) is 5.75 Å². The van der Waals surface area contributed by atoms with Crippen LogP contribution >= 0.6 is 11.6 Å². The summed E-state index contributed by atoms with van der Waals surface area (Å²) in [5.41, 5.74) is 0.925. The number of hydrogen-bond acceptors (Lipinski definition) is 1. The van der Waals surface area contributed by atoms with Crippen molar-refractivity contribution in [2.75, 3.05) is 12.5 Å². The Morgan fingerprint density at radius 2 is 2.05 bits per heavy atom. The summed E-state index contributed by atoms with van der Waals surface area (Å²) in [6.07, 6.45) is 4.92. The zero-order chi connectivity index (χ0) is 13.9. The van der Waals surface area contributed by atoms with Gasteiger partial charge in [-0.1, -0.05) is 57.1 Å². The molecule has 0 saturated heterocycles. The molecule has 0 aliphatic heterocycles. The smallest absolute Gasteiger partial charge is 0.134 e. The summed E-state index contributed by atoms with van der Waals surface area (Å²) in [7, 11) is 0. The molecule has 1 rings (SSSR count). The van der Waals surface area contributed by atoms with Crippen molar-refractivity contribution in [3.8, 4) is 17.6 Å². The van der Waals surface area contributed by atoms with Crippen LogP contribution in [0.1, 0.15) is 45.1 Å². The van der Waals surface area contributed by atoms with Crippen molar-refractivity contribution in [3.63, 3.8) is 0 Å². The topological polar surface area (TPSA) is 9.23 Å². The lowest BCUT2D eigenvalue weighted by Crippen LogP contribution is -2.11. The molecule has 104 valence electrons. The molecular formula is C17H23ClO. The van der Waals surface area contributed by atoms with Gasteiger partial charge >= 0.3 is 0 Å². The second-order valence-electron chi connectivity index (χ2n) is 4.66. The van der Waals surface area contributed by atoms with Crippen LogP contribution < -0.4 is 4.74 Å². The van der Waals surface area contributed by atoms with Gasteiger partial charge in [-0.15, -0.1) is 11.6 Å². The van der Waals surface area contributed by atoms with Gasteiger partial charge in [-0.05, 0) is 24.5 Å². The first-order valence-corrected chi connectivity index (χ1v) is 7.61. The summed E-state index contributed by atoms with van der Waals surface area (Å²) >= 11 is 5.60. The lowest BCUT2D eigenvalue weighted by Gasteiger charge is -2.16. The summed E-state index contributed by atoms with van der Waals surface area (Å²) in [4.78, 5) is 0. The highest BCUT2D eigenvalue weighted by Gasteiger charge is 2.08. The molecule has 0 aliphatic carbocycles. The highest BCUT2D eigenvalue weighted by atomic mass is 35.5. The summed E-state index contributed by atoms with van der Waals surface area (Å²) in [5, 5.41) is 0. The van der Waals surface area contributed by atoms with Gasteiger partial charge in [0.25, 0.3) is 0 Å². The molecule has 1 unspecified atom stereocenters. The van der Waals surface area contributed by atoms with Crippen molar-refractivity contribution < 1.29 is 4.74 Å². The third kappa shape index (κ3) is 6.03. The van der Waals surface area contributed by atoms with E-state index in [1.807, 2.05) is 24.3 Å². The van der Waals surface area contributed by atoms with E-state index in [1.54, 1.807) is 0 Å². The van der Waals surface area contributed by atoms with Gasteiger partial charge in [-0.3, -0.25) is 0 Å². The van der Waals surface area contributed by atoms with Crippen molar-refractivity contribution in [2.45, 2.75) is 39.5 Å². The van der Waals surface area contributed by atoms with Crippen molar-refractivity contribution in [1.82, 2.24) is 0 Å². The van der Waals surface area contributed by atoms with E-state index in [0.29, 0.717) is 11.8 Å². The second kappa shape index (κ2) is 9.75. The normalized spacial score (nSPS) is 11.5. The molecule has 0 spiro atoms. The molecular weight excluding hydrogens is 256 g/mol. The van der Waals surface area contributed by atoms with Gasteiger partial charge in [0, 0.05) is 0 Å². The minimum Gasteiger partial charge on any atom is -0.492 e. The van der Waals surface area contributed by atoms with Crippen molar-refractivity contribution >= 4 is 11.6 Å². The van der Waals surface area contributed by atoms with Gasteiger partial charge in [0.2, 0.25) is 0 Å². The van der Waals surface area contributed by atoms with Gasteiger partial charge in [-0.25, -0.2) is 0 Å². The Labute approximate surface area is 122 Å². The van der Waals surface area contributed by atoms with Crippen LogP contribution in [-0.2, 0) is 0 Å². The first-order valence-electron chi connectivity index (χ1n) is 7.08. The van der Waals surface area contributed by atoms with Gasteiger partial charge in [0.05, 0.1) is 18.1 Å². The molecule has 0 saturated carbocycles. The van der Waals surface area contributed by atoms with E-state index >= 15 is 0 Å². The molecule has 0 fully saturated rings. The third-order valence-corrected chi connectivity index (χ3v) is 3.33. The predicted octanol–water partition coefficient (Wildman–Crippen LogP) is 4.87. The quantitative estimate of drug-likeness (QED) is 0.511. The molecule has 0 amide bonds. The molecule has 0 aliphatic rings. The second-order valence-corrected chi connectivity index (χ2v) is 4.93. The van der Waals surface area contributed by atoms with Crippen LogP contribution in [0.2, 0.25) is 0 Å². The minimum absolute atomic E-state index is 0.350. The number of benzene rings is 1. The first-order chi connectivity index (χ1) is 9.31. The van der Waals surface area contributed by atoms with Crippen LogP contribution in [0.25, 0.3) is 0 Å². The molecule has 0 heterocycles. The van der Waals surface area contributed by atoms with Crippen LogP contribution in [0.15, 0.2) is 24.3 Å². The average Bonchev–Trinajstić information content (AvgIpc) is 2.46. The third-order valence-electron chi connectivity index (χ3n) is 3.19. The summed E-state index contributed by atoms with van der Waals surface area (Å²) < 4.78 is 5.94. The minimum atomic E-state index is 0.350. The van der Waals surface area contributed by atoms with E-state index in [2.05, 4.69) is 25.7 Å². The maximum Gasteiger partial charge on any atom is 0.134 e. The van der Waals surface area contributed by atoms with Gasteiger partial charge < -0.3 is 4.74 Å². The lowest BCUT2D eigenvalue weighted by atomic mass is 10.0. The van der Waals surface area contributed by atoms with Crippen molar-refractivity contribution in [3.05, 3.63) is 29.8 Å². The van der Waals surface area contributed by atoms with E-state index in [1.165, 1.54) is 19.3 Å². The van der Waals surface area contributed by atoms with E-state index in [0.717, 1.165) is 24.3 Å². The number of hydrogen-bond donors (Lipinski definition) is 0. The van der Waals surface area contributed by atoms with E-state index < -0.39 is 0 Å². The fourth-order valence-corrected chi connectivity index (χ4v) is 2.00.